The van der Waals surface area contributed by atoms with Crippen molar-refractivity contribution in [3.8, 4) is 0 Å². The molecule has 1 atom stereocenters. The molecule has 0 heterocycles. The van der Waals surface area contributed by atoms with Gasteiger partial charge in [-0.2, -0.15) is 0 Å². The smallest absolute Gasteiger partial charge is 0.244 e. The summed E-state index contributed by atoms with van der Waals surface area (Å²) in [5.74, 6) is -0.764. The summed E-state index contributed by atoms with van der Waals surface area (Å²) in [5.41, 5.74) is 3.87. The Balaban J connectivity index is 2.06. The van der Waals surface area contributed by atoms with Gasteiger partial charge in [-0.3, -0.25) is 13.9 Å². The SMILES string of the molecule is CCNC(=O)C(Cc1ccccc1)N(Cc1cccc(Br)c1)C(=O)CN(c1ccc(C)cc1C)S(C)(=O)=O. The Morgan fingerprint density at radius 1 is 0.947 bits per heavy atom. The summed E-state index contributed by atoms with van der Waals surface area (Å²) >= 11 is 3.47. The van der Waals surface area contributed by atoms with Crippen LogP contribution in [0.1, 0.15) is 29.2 Å². The fourth-order valence-corrected chi connectivity index (χ4v) is 5.71. The Hall–Kier alpha value is -3.17. The molecule has 7 nitrogen and oxygen atoms in total. The topological polar surface area (TPSA) is 86.8 Å². The van der Waals surface area contributed by atoms with Gasteiger partial charge in [0.2, 0.25) is 21.8 Å². The van der Waals surface area contributed by atoms with Crippen molar-refractivity contribution in [3.05, 3.63) is 99.5 Å². The molecule has 0 aliphatic carbocycles. The zero-order valence-electron chi connectivity index (χ0n) is 22.1. The average molecular weight is 601 g/mol. The summed E-state index contributed by atoms with van der Waals surface area (Å²) in [6, 6.07) is 21.5. The van der Waals surface area contributed by atoms with E-state index in [0.29, 0.717) is 12.2 Å². The van der Waals surface area contributed by atoms with Gasteiger partial charge in [-0.15, -0.1) is 0 Å². The number of nitrogens with zero attached hydrogens (tertiary/aromatic N) is 2. The van der Waals surface area contributed by atoms with Gasteiger partial charge in [-0.05, 0) is 55.7 Å². The van der Waals surface area contributed by atoms with Gasteiger partial charge in [0.05, 0.1) is 11.9 Å². The molecule has 0 aromatic heterocycles. The molecular weight excluding hydrogens is 566 g/mol. The summed E-state index contributed by atoms with van der Waals surface area (Å²) in [6.07, 6.45) is 1.37. The van der Waals surface area contributed by atoms with E-state index in [1.807, 2.05) is 87.5 Å². The van der Waals surface area contributed by atoms with Gasteiger partial charge >= 0.3 is 0 Å². The lowest BCUT2D eigenvalue weighted by molar-refractivity contribution is -0.140. The maximum Gasteiger partial charge on any atom is 0.244 e. The molecule has 0 radical (unpaired) electrons. The molecule has 0 aliphatic heterocycles. The molecule has 1 unspecified atom stereocenters. The number of hydrogen-bond donors (Lipinski definition) is 1. The predicted octanol–water partition coefficient (Wildman–Crippen LogP) is 4.61. The van der Waals surface area contributed by atoms with Crippen molar-refractivity contribution in [2.24, 2.45) is 0 Å². The summed E-state index contributed by atoms with van der Waals surface area (Å²) in [5, 5.41) is 2.86. The molecule has 0 bridgehead atoms. The van der Waals surface area contributed by atoms with Gasteiger partial charge in [-0.1, -0.05) is 76.1 Å². The molecule has 202 valence electrons. The van der Waals surface area contributed by atoms with E-state index in [1.165, 1.54) is 4.90 Å². The lowest BCUT2D eigenvalue weighted by atomic mass is 10.0. The van der Waals surface area contributed by atoms with Crippen LogP contribution < -0.4 is 9.62 Å². The van der Waals surface area contributed by atoms with Crippen LogP contribution in [0.4, 0.5) is 5.69 Å². The van der Waals surface area contributed by atoms with Crippen molar-refractivity contribution in [3.63, 3.8) is 0 Å². The van der Waals surface area contributed by atoms with Gasteiger partial charge < -0.3 is 10.2 Å². The molecule has 0 aliphatic rings. The van der Waals surface area contributed by atoms with Gasteiger partial charge in [0.1, 0.15) is 12.6 Å². The minimum atomic E-state index is -3.80. The summed E-state index contributed by atoms with van der Waals surface area (Å²) in [6.45, 7) is 5.67. The number of amides is 2. The van der Waals surface area contributed by atoms with Crippen molar-refractivity contribution in [1.29, 1.82) is 0 Å². The van der Waals surface area contributed by atoms with Crippen LogP contribution in [0, 0.1) is 13.8 Å². The molecule has 0 fully saturated rings. The first-order chi connectivity index (χ1) is 18.0. The largest absolute Gasteiger partial charge is 0.355 e. The van der Waals surface area contributed by atoms with E-state index in [9.17, 15) is 18.0 Å². The van der Waals surface area contributed by atoms with Crippen LogP contribution in [-0.4, -0.2) is 50.5 Å². The molecule has 38 heavy (non-hydrogen) atoms. The monoisotopic (exact) mass is 599 g/mol. The second-order valence-corrected chi connectivity index (χ2v) is 12.1. The van der Waals surface area contributed by atoms with Crippen molar-refractivity contribution >= 4 is 43.5 Å². The molecule has 1 N–H and O–H groups in total. The molecule has 0 saturated heterocycles. The number of halogens is 1. The average Bonchev–Trinajstić information content (AvgIpc) is 2.85. The lowest BCUT2D eigenvalue weighted by Crippen LogP contribution is -2.53. The first-order valence-corrected chi connectivity index (χ1v) is 15.0. The molecule has 3 aromatic carbocycles. The molecule has 3 rings (SSSR count). The molecular formula is C29H34BrN3O4S. The van der Waals surface area contributed by atoms with Crippen LogP contribution in [0.15, 0.2) is 77.3 Å². The van der Waals surface area contributed by atoms with E-state index >= 15 is 0 Å². The zero-order chi connectivity index (χ0) is 27.9. The van der Waals surface area contributed by atoms with Crippen LogP contribution in [0.3, 0.4) is 0 Å². The van der Waals surface area contributed by atoms with E-state index in [1.54, 1.807) is 6.07 Å². The van der Waals surface area contributed by atoms with E-state index < -0.39 is 28.5 Å². The number of likely N-dealkylation sites (N-methyl/N-ethyl adjacent to an activating group) is 1. The highest BCUT2D eigenvalue weighted by molar-refractivity contribution is 9.10. The van der Waals surface area contributed by atoms with Gasteiger partial charge in [0.15, 0.2) is 0 Å². The van der Waals surface area contributed by atoms with Crippen molar-refractivity contribution in [1.82, 2.24) is 10.2 Å². The van der Waals surface area contributed by atoms with Gasteiger partial charge in [-0.25, -0.2) is 8.42 Å². The van der Waals surface area contributed by atoms with Gasteiger partial charge in [0.25, 0.3) is 0 Å². The van der Waals surface area contributed by atoms with E-state index in [2.05, 4.69) is 21.2 Å². The fourth-order valence-electron chi connectivity index (χ4n) is 4.36. The number of benzene rings is 3. The number of rotatable bonds is 11. The molecule has 3 aromatic rings. The van der Waals surface area contributed by atoms with E-state index in [4.69, 9.17) is 0 Å². The zero-order valence-corrected chi connectivity index (χ0v) is 24.6. The fraction of sp³-hybridized carbons (Fsp3) is 0.310. The number of hydrogen-bond acceptors (Lipinski definition) is 4. The second-order valence-electron chi connectivity index (χ2n) is 9.31. The van der Waals surface area contributed by atoms with Crippen molar-refractivity contribution in [2.45, 2.75) is 39.8 Å². The number of nitrogens with one attached hydrogen (secondary N) is 1. The first kappa shape index (κ1) is 29.4. The molecule has 0 spiro atoms. The number of aryl methyl sites for hydroxylation is 2. The summed E-state index contributed by atoms with van der Waals surface area (Å²) in [4.78, 5) is 28.8. The minimum Gasteiger partial charge on any atom is -0.355 e. The highest BCUT2D eigenvalue weighted by Gasteiger charge is 2.33. The number of carbonyl (C=O) groups is 2. The van der Waals surface area contributed by atoms with Crippen LogP contribution >= 0.6 is 15.9 Å². The Bertz CT molecular complexity index is 1380. The number of anilines is 1. The highest BCUT2D eigenvalue weighted by atomic mass is 79.9. The maximum atomic E-state index is 14.0. The van der Waals surface area contributed by atoms with Crippen LogP contribution in [0.25, 0.3) is 0 Å². The second kappa shape index (κ2) is 13.1. The van der Waals surface area contributed by atoms with Gasteiger partial charge in [0, 0.05) is 24.0 Å². The van der Waals surface area contributed by atoms with Crippen LogP contribution in [0.2, 0.25) is 0 Å². The van der Waals surface area contributed by atoms with Crippen molar-refractivity contribution < 1.29 is 18.0 Å². The number of sulfonamides is 1. The summed E-state index contributed by atoms with van der Waals surface area (Å²) in [7, 11) is -3.80. The third-order valence-corrected chi connectivity index (χ3v) is 7.78. The highest BCUT2D eigenvalue weighted by Crippen LogP contribution is 2.25. The van der Waals surface area contributed by atoms with E-state index in [0.717, 1.165) is 37.3 Å². The Morgan fingerprint density at radius 2 is 1.63 bits per heavy atom. The predicted molar refractivity (Wildman–Crippen MR) is 155 cm³/mol. The van der Waals surface area contributed by atoms with Crippen LogP contribution in [-0.2, 0) is 32.6 Å². The Kier molecular flexibility index (Phi) is 10.1. The quantitative estimate of drug-likeness (QED) is 0.349. The Labute approximate surface area is 234 Å². The minimum absolute atomic E-state index is 0.136. The van der Waals surface area contributed by atoms with Crippen LogP contribution in [0.5, 0.6) is 0 Å². The summed E-state index contributed by atoms with van der Waals surface area (Å²) < 4.78 is 27.8. The van der Waals surface area contributed by atoms with E-state index in [-0.39, 0.29) is 18.9 Å². The maximum absolute atomic E-state index is 14.0. The molecule has 9 heteroatoms. The Morgan fingerprint density at radius 3 is 2.24 bits per heavy atom. The third-order valence-electron chi connectivity index (χ3n) is 6.16. The standard InChI is InChI=1S/C29H34BrN3O4S/c1-5-31-29(35)27(18-23-10-7-6-8-11-23)32(19-24-12-9-13-25(30)17-24)28(34)20-33(38(4,36)37)26-15-14-21(2)16-22(26)3/h6-17,27H,5,18-20H2,1-4H3,(H,31,35). The number of carbonyl (C=O) groups excluding carboxylic acids is 2. The first-order valence-electron chi connectivity index (χ1n) is 12.4. The normalized spacial score (nSPS) is 12.0. The van der Waals surface area contributed by atoms with Crippen molar-refractivity contribution in [2.75, 3.05) is 23.7 Å². The lowest BCUT2D eigenvalue weighted by Gasteiger charge is -2.33. The third kappa shape index (κ3) is 7.91. The molecule has 2 amide bonds. The molecule has 0 saturated carbocycles.